The summed E-state index contributed by atoms with van der Waals surface area (Å²) >= 11 is 11.8. The number of hydrogen-bond acceptors (Lipinski definition) is 3. The van der Waals surface area contributed by atoms with Crippen LogP contribution in [0.4, 0.5) is 0 Å². The second-order valence-electron chi connectivity index (χ2n) is 5.36. The quantitative estimate of drug-likeness (QED) is 0.878. The zero-order valence-electron chi connectivity index (χ0n) is 12.6. The van der Waals surface area contributed by atoms with Crippen molar-refractivity contribution >= 4 is 39.1 Å². The minimum Gasteiger partial charge on any atom is -0.356 e. The first kappa shape index (κ1) is 17.3. The number of nitrogens with zero attached hydrogens (tertiary/aromatic N) is 2. The van der Waals surface area contributed by atoms with Crippen molar-refractivity contribution in [1.82, 2.24) is 14.2 Å². The number of amides is 1. The molecule has 1 saturated heterocycles. The Morgan fingerprint density at radius 3 is 2.33 bits per heavy atom. The molecule has 128 valence electrons. The molecule has 1 fully saturated rings. The Morgan fingerprint density at radius 2 is 1.75 bits per heavy atom. The number of piperazine rings is 1. The van der Waals surface area contributed by atoms with Crippen molar-refractivity contribution in [1.29, 1.82) is 0 Å². The van der Waals surface area contributed by atoms with Gasteiger partial charge in [0.2, 0.25) is 10.0 Å². The average molecular weight is 388 g/mol. The van der Waals surface area contributed by atoms with E-state index in [0.29, 0.717) is 23.8 Å². The van der Waals surface area contributed by atoms with Crippen LogP contribution in [-0.4, -0.2) is 54.7 Å². The Labute approximate surface area is 150 Å². The maximum atomic E-state index is 12.7. The third-order valence-corrected chi connectivity index (χ3v) is 6.48. The van der Waals surface area contributed by atoms with Crippen molar-refractivity contribution in [2.24, 2.45) is 0 Å². The van der Waals surface area contributed by atoms with Crippen molar-refractivity contribution in [3.05, 3.63) is 52.3 Å². The summed E-state index contributed by atoms with van der Waals surface area (Å²) in [7, 11) is -3.67. The number of halogens is 2. The van der Waals surface area contributed by atoms with Crippen LogP contribution in [0, 0.1) is 0 Å². The molecule has 2 aromatic rings. The lowest BCUT2D eigenvalue weighted by Gasteiger charge is -2.33. The minimum atomic E-state index is -3.67. The number of nitrogens with one attached hydrogen (secondary N) is 1. The third-order valence-electron chi connectivity index (χ3n) is 3.86. The molecule has 1 aromatic carbocycles. The van der Waals surface area contributed by atoms with Gasteiger partial charge in [0.15, 0.2) is 0 Å². The number of carbonyl (C=O) groups excluding carboxylic acids is 1. The molecule has 0 aliphatic carbocycles. The van der Waals surface area contributed by atoms with E-state index in [1.54, 1.807) is 29.2 Å². The Kier molecular flexibility index (Phi) is 4.87. The maximum Gasteiger partial charge on any atom is 0.270 e. The molecule has 1 aromatic heterocycles. The fraction of sp³-hybridized carbons (Fsp3) is 0.267. The van der Waals surface area contributed by atoms with Gasteiger partial charge in [-0.05, 0) is 18.2 Å². The van der Waals surface area contributed by atoms with Gasteiger partial charge in [0.25, 0.3) is 5.91 Å². The van der Waals surface area contributed by atoms with Gasteiger partial charge in [-0.15, -0.1) is 0 Å². The summed E-state index contributed by atoms with van der Waals surface area (Å²) in [6.45, 7) is 1.04. The first-order chi connectivity index (χ1) is 11.4. The molecule has 0 radical (unpaired) electrons. The van der Waals surface area contributed by atoms with Gasteiger partial charge in [-0.25, -0.2) is 8.42 Å². The van der Waals surface area contributed by atoms with E-state index in [4.69, 9.17) is 23.2 Å². The Balaban J connectivity index is 1.71. The maximum absolute atomic E-state index is 12.7. The number of carbonyl (C=O) groups is 1. The van der Waals surface area contributed by atoms with Gasteiger partial charge in [-0.2, -0.15) is 4.31 Å². The lowest BCUT2D eigenvalue weighted by molar-refractivity contribution is 0.0692. The zero-order valence-corrected chi connectivity index (χ0v) is 14.9. The molecule has 0 saturated carbocycles. The monoisotopic (exact) mass is 387 g/mol. The lowest BCUT2D eigenvalue weighted by Crippen LogP contribution is -2.50. The highest BCUT2D eigenvalue weighted by atomic mass is 35.5. The first-order valence-electron chi connectivity index (χ1n) is 7.27. The summed E-state index contributed by atoms with van der Waals surface area (Å²) in [5.41, 5.74) is 0.391. The van der Waals surface area contributed by atoms with E-state index in [1.807, 2.05) is 0 Å². The Morgan fingerprint density at radius 1 is 1.08 bits per heavy atom. The normalized spacial score (nSPS) is 16.3. The highest BCUT2D eigenvalue weighted by Gasteiger charge is 2.31. The van der Waals surface area contributed by atoms with Gasteiger partial charge in [0, 0.05) is 32.4 Å². The molecule has 0 unspecified atom stereocenters. The van der Waals surface area contributed by atoms with E-state index >= 15 is 0 Å². The molecule has 1 amide bonds. The molecular formula is C15H15Cl2N3O3S. The van der Waals surface area contributed by atoms with Gasteiger partial charge < -0.3 is 9.88 Å². The van der Waals surface area contributed by atoms with Crippen LogP contribution < -0.4 is 0 Å². The third kappa shape index (κ3) is 3.30. The zero-order chi connectivity index (χ0) is 17.3. The predicted octanol–water partition coefficient (Wildman–Crippen LogP) is 2.47. The second-order valence-corrected chi connectivity index (χ2v) is 8.11. The molecule has 0 bridgehead atoms. The van der Waals surface area contributed by atoms with Crippen LogP contribution in [0.2, 0.25) is 10.0 Å². The van der Waals surface area contributed by atoms with Crippen LogP contribution in [0.25, 0.3) is 0 Å². The van der Waals surface area contributed by atoms with Gasteiger partial charge >= 0.3 is 0 Å². The van der Waals surface area contributed by atoms with E-state index in [0.717, 1.165) is 0 Å². The van der Waals surface area contributed by atoms with E-state index in [1.165, 1.54) is 16.6 Å². The van der Waals surface area contributed by atoms with Crippen molar-refractivity contribution < 1.29 is 13.2 Å². The van der Waals surface area contributed by atoms with Gasteiger partial charge in [-0.3, -0.25) is 4.79 Å². The lowest BCUT2D eigenvalue weighted by atomic mass is 10.3. The summed E-state index contributed by atoms with van der Waals surface area (Å²) in [6, 6.07) is 7.89. The van der Waals surface area contributed by atoms with Crippen LogP contribution >= 0.6 is 23.2 Å². The predicted molar refractivity (Wildman–Crippen MR) is 91.9 cm³/mol. The van der Waals surface area contributed by atoms with Crippen LogP contribution in [0.15, 0.2) is 41.4 Å². The Bertz CT molecular complexity index is 858. The summed E-state index contributed by atoms with van der Waals surface area (Å²) in [5.74, 6) is -0.198. The molecule has 6 nitrogen and oxygen atoms in total. The smallest absolute Gasteiger partial charge is 0.270 e. The van der Waals surface area contributed by atoms with Crippen LogP contribution in [0.5, 0.6) is 0 Å². The number of H-pyrrole nitrogens is 1. The number of hydrogen-bond donors (Lipinski definition) is 1. The summed E-state index contributed by atoms with van der Waals surface area (Å²) < 4.78 is 26.7. The second kappa shape index (κ2) is 6.76. The fourth-order valence-electron chi connectivity index (χ4n) is 2.59. The standard InChI is InChI=1S/C15H15Cl2N3O3S/c16-11-9-13(18-10-11)15(21)19-5-7-20(8-6-19)24(22,23)14-4-2-1-3-12(14)17/h1-4,9-10,18H,5-8H2. The van der Waals surface area contributed by atoms with Crippen LogP contribution in [-0.2, 0) is 10.0 Å². The van der Waals surface area contributed by atoms with E-state index < -0.39 is 10.0 Å². The molecule has 0 spiro atoms. The van der Waals surface area contributed by atoms with Crippen molar-refractivity contribution in [2.75, 3.05) is 26.2 Å². The molecule has 24 heavy (non-hydrogen) atoms. The van der Waals surface area contributed by atoms with Crippen LogP contribution in [0.1, 0.15) is 10.5 Å². The van der Waals surface area contributed by atoms with Crippen molar-refractivity contribution in [3.63, 3.8) is 0 Å². The topological polar surface area (TPSA) is 73.5 Å². The van der Waals surface area contributed by atoms with Crippen molar-refractivity contribution in [2.45, 2.75) is 4.90 Å². The highest BCUT2D eigenvalue weighted by molar-refractivity contribution is 7.89. The van der Waals surface area contributed by atoms with E-state index in [2.05, 4.69) is 4.98 Å². The van der Waals surface area contributed by atoms with Gasteiger partial charge in [0.05, 0.1) is 10.0 Å². The highest BCUT2D eigenvalue weighted by Crippen LogP contribution is 2.25. The Hall–Kier alpha value is -1.54. The number of rotatable bonds is 3. The van der Waals surface area contributed by atoms with Gasteiger partial charge in [-0.1, -0.05) is 35.3 Å². The number of aromatic nitrogens is 1. The average Bonchev–Trinajstić information content (AvgIpc) is 3.01. The number of sulfonamides is 1. The first-order valence-corrected chi connectivity index (χ1v) is 9.47. The molecule has 2 heterocycles. The van der Waals surface area contributed by atoms with Gasteiger partial charge in [0.1, 0.15) is 10.6 Å². The fourth-order valence-corrected chi connectivity index (χ4v) is 4.67. The minimum absolute atomic E-state index is 0.0857. The molecule has 0 atom stereocenters. The SMILES string of the molecule is O=C(c1cc(Cl)c[nH]1)N1CCN(S(=O)(=O)c2ccccc2Cl)CC1. The largest absolute Gasteiger partial charge is 0.356 e. The molecule has 3 rings (SSSR count). The van der Waals surface area contributed by atoms with E-state index in [9.17, 15) is 13.2 Å². The molecular weight excluding hydrogens is 373 g/mol. The molecule has 1 aliphatic rings. The number of benzene rings is 1. The molecule has 1 aliphatic heterocycles. The van der Waals surface area contributed by atoms with Crippen molar-refractivity contribution in [3.8, 4) is 0 Å². The summed E-state index contributed by atoms with van der Waals surface area (Å²) in [6.07, 6.45) is 1.53. The summed E-state index contributed by atoms with van der Waals surface area (Å²) in [5, 5.41) is 0.648. The molecule has 9 heteroatoms. The number of aromatic amines is 1. The molecule has 1 N–H and O–H groups in total. The summed E-state index contributed by atoms with van der Waals surface area (Å²) in [4.78, 5) is 16.8. The van der Waals surface area contributed by atoms with E-state index in [-0.39, 0.29) is 28.9 Å². The van der Waals surface area contributed by atoms with Crippen LogP contribution in [0.3, 0.4) is 0 Å².